The van der Waals surface area contributed by atoms with Crippen LogP contribution >= 0.6 is 11.8 Å². The molecule has 0 aromatic carbocycles. The van der Waals surface area contributed by atoms with Gasteiger partial charge >= 0.3 is 0 Å². The van der Waals surface area contributed by atoms with Gasteiger partial charge in [0.05, 0.1) is 11.3 Å². The van der Waals surface area contributed by atoms with Crippen LogP contribution in [0.4, 0.5) is 0 Å². The molecule has 0 aromatic heterocycles. The molecule has 5 nitrogen and oxygen atoms in total. The van der Waals surface area contributed by atoms with Crippen molar-refractivity contribution in [2.45, 2.75) is 55.9 Å². The van der Waals surface area contributed by atoms with Gasteiger partial charge in [0.1, 0.15) is 12.3 Å². The SMILES string of the molecule is O=C[C@@H]1CCCN1C(=O)[C@H]1NCSC1C(=O)C1CCC2=C(C=CC=CC2)C1. The third kappa shape index (κ3) is 3.69. The number of thioether (sulfide) groups is 1. The van der Waals surface area contributed by atoms with Gasteiger partial charge in [0, 0.05) is 18.3 Å². The number of nitrogens with zero attached hydrogens (tertiary/aromatic N) is 1. The smallest absolute Gasteiger partial charge is 0.241 e. The molecule has 0 bridgehead atoms. The van der Waals surface area contributed by atoms with E-state index in [1.54, 1.807) is 4.90 Å². The van der Waals surface area contributed by atoms with E-state index in [4.69, 9.17) is 0 Å². The van der Waals surface area contributed by atoms with Gasteiger partial charge in [-0.1, -0.05) is 29.9 Å². The Balaban J connectivity index is 1.46. The van der Waals surface area contributed by atoms with Crippen molar-refractivity contribution in [3.63, 3.8) is 0 Å². The van der Waals surface area contributed by atoms with E-state index in [1.807, 2.05) is 0 Å². The fourth-order valence-electron chi connectivity index (χ4n) is 4.66. The number of carbonyl (C=O) groups is 3. The lowest BCUT2D eigenvalue weighted by Crippen LogP contribution is -2.52. The van der Waals surface area contributed by atoms with Gasteiger partial charge < -0.3 is 9.69 Å². The van der Waals surface area contributed by atoms with E-state index in [0.717, 1.165) is 44.8 Å². The van der Waals surface area contributed by atoms with Crippen LogP contribution in [0, 0.1) is 5.92 Å². The lowest BCUT2D eigenvalue weighted by atomic mass is 9.79. The summed E-state index contributed by atoms with van der Waals surface area (Å²) in [5.74, 6) is 0.709. The van der Waals surface area contributed by atoms with E-state index < -0.39 is 6.04 Å². The van der Waals surface area contributed by atoms with Crippen molar-refractivity contribution in [1.29, 1.82) is 0 Å². The Morgan fingerprint density at radius 3 is 3.00 bits per heavy atom. The zero-order chi connectivity index (χ0) is 18.8. The minimum absolute atomic E-state index is 0.0142. The van der Waals surface area contributed by atoms with E-state index in [2.05, 4.69) is 29.6 Å². The number of carbonyl (C=O) groups excluding carboxylic acids is 3. The highest BCUT2D eigenvalue weighted by Crippen LogP contribution is 2.37. The number of aldehydes is 1. The van der Waals surface area contributed by atoms with Gasteiger partial charge in [0.25, 0.3) is 0 Å². The summed E-state index contributed by atoms with van der Waals surface area (Å²) >= 11 is 1.54. The summed E-state index contributed by atoms with van der Waals surface area (Å²) in [4.78, 5) is 39.2. The average molecular weight is 387 g/mol. The molecule has 2 fully saturated rings. The van der Waals surface area contributed by atoms with Crippen molar-refractivity contribution < 1.29 is 14.4 Å². The Morgan fingerprint density at radius 1 is 1.26 bits per heavy atom. The monoisotopic (exact) mass is 386 g/mol. The predicted octanol–water partition coefficient (Wildman–Crippen LogP) is 2.39. The van der Waals surface area contributed by atoms with E-state index in [9.17, 15) is 14.4 Å². The van der Waals surface area contributed by atoms with Gasteiger partial charge in [-0.3, -0.25) is 14.9 Å². The summed E-state index contributed by atoms with van der Waals surface area (Å²) in [6, 6.07) is -0.823. The highest BCUT2D eigenvalue weighted by atomic mass is 32.2. The van der Waals surface area contributed by atoms with E-state index in [1.165, 1.54) is 22.9 Å². The Morgan fingerprint density at radius 2 is 2.15 bits per heavy atom. The Bertz CT molecular complexity index is 727. The molecule has 6 heteroatoms. The second kappa shape index (κ2) is 8.15. The van der Waals surface area contributed by atoms with Crippen molar-refractivity contribution in [3.8, 4) is 0 Å². The summed E-state index contributed by atoms with van der Waals surface area (Å²) in [5.41, 5.74) is 2.74. The van der Waals surface area contributed by atoms with Crippen LogP contribution in [0.2, 0.25) is 0 Å². The first-order chi connectivity index (χ1) is 13.2. The normalized spacial score (nSPS) is 33.1. The number of ketones is 1. The van der Waals surface area contributed by atoms with E-state index in [-0.39, 0.29) is 28.9 Å². The van der Waals surface area contributed by atoms with Crippen LogP contribution in [-0.4, -0.2) is 52.6 Å². The number of hydrogen-bond acceptors (Lipinski definition) is 5. The van der Waals surface area contributed by atoms with Gasteiger partial charge in [0.2, 0.25) is 5.91 Å². The van der Waals surface area contributed by atoms with Crippen LogP contribution in [0.15, 0.2) is 35.5 Å². The minimum Gasteiger partial charge on any atom is -0.332 e. The maximum absolute atomic E-state index is 13.3. The third-order valence-corrected chi connectivity index (χ3v) is 7.38. The molecule has 2 unspecified atom stereocenters. The maximum atomic E-state index is 13.3. The Kier molecular flexibility index (Phi) is 5.64. The van der Waals surface area contributed by atoms with E-state index in [0.29, 0.717) is 12.4 Å². The quantitative estimate of drug-likeness (QED) is 0.752. The summed E-state index contributed by atoms with van der Waals surface area (Å²) in [6.45, 7) is 0.615. The van der Waals surface area contributed by atoms with Gasteiger partial charge in [-0.25, -0.2) is 0 Å². The van der Waals surface area contributed by atoms with Crippen molar-refractivity contribution >= 4 is 29.7 Å². The molecule has 0 radical (unpaired) electrons. The summed E-state index contributed by atoms with van der Waals surface area (Å²) in [7, 11) is 0. The molecule has 2 saturated heterocycles. The highest BCUT2D eigenvalue weighted by molar-refractivity contribution is 8.00. The average Bonchev–Trinajstić information content (AvgIpc) is 3.31. The van der Waals surface area contributed by atoms with Crippen LogP contribution in [0.1, 0.15) is 38.5 Å². The number of rotatable bonds is 4. The van der Waals surface area contributed by atoms with Crippen molar-refractivity contribution in [2.24, 2.45) is 5.92 Å². The van der Waals surface area contributed by atoms with Crippen LogP contribution < -0.4 is 5.32 Å². The first-order valence-corrected chi connectivity index (χ1v) is 10.9. The standard InChI is InChI=1S/C21H26N2O3S/c24-12-17-7-4-10-23(17)21(26)18-20(27-13-22-18)19(25)16-9-8-14-5-2-1-3-6-15(14)11-16/h1-3,6,12,16-18,20,22H,4-5,7-11,13H2/t16?,17-,18-,20?/m0/s1. The zero-order valence-corrected chi connectivity index (χ0v) is 16.2. The van der Waals surface area contributed by atoms with Crippen LogP contribution in [0.5, 0.6) is 0 Å². The number of nitrogens with one attached hydrogen (secondary N) is 1. The van der Waals surface area contributed by atoms with Gasteiger partial charge in [-0.15, -0.1) is 11.8 Å². The Labute approximate surface area is 164 Å². The molecule has 1 N–H and O–H groups in total. The molecule has 0 spiro atoms. The summed E-state index contributed by atoms with van der Waals surface area (Å²) in [6.07, 6.45) is 14.5. The number of likely N-dealkylation sites (tertiary alicyclic amines) is 1. The van der Waals surface area contributed by atoms with Crippen molar-refractivity contribution in [3.05, 3.63) is 35.5 Å². The number of hydrogen-bond donors (Lipinski definition) is 1. The molecule has 4 atom stereocenters. The maximum Gasteiger partial charge on any atom is 0.241 e. The fraction of sp³-hybridized carbons (Fsp3) is 0.571. The highest BCUT2D eigenvalue weighted by Gasteiger charge is 2.44. The molecule has 4 rings (SSSR count). The van der Waals surface area contributed by atoms with E-state index >= 15 is 0 Å². The molecule has 0 saturated carbocycles. The van der Waals surface area contributed by atoms with Crippen molar-refractivity contribution in [1.82, 2.24) is 10.2 Å². The summed E-state index contributed by atoms with van der Waals surface area (Å²) in [5, 5.41) is 2.87. The number of Topliss-reactive ketones (excluding diaryl/α,β-unsaturated/α-hetero) is 1. The minimum atomic E-state index is -0.496. The zero-order valence-electron chi connectivity index (χ0n) is 15.4. The summed E-state index contributed by atoms with van der Waals surface area (Å²) < 4.78 is 0. The lowest BCUT2D eigenvalue weighted by Gasteiger charge is -2.30. The van der Waals surface area contributed by atoms with Gasteiger partial charge in [-0.2, -0.15) is 0 Å². The molecule has 1 amide bonds. The molecule has 2 aliphatic carbocycles. The molecule has 144 valence electrons. The molecule has 27 heavy (non-hydrogen) atoms. The number of amides is 1. The van der Waals surface area contributed by atoms with Crippen LogP contribution in [0.3, 0.4) is 0 Å². The lowest BCUT2D eigenvalue weighted by molar-refractivity contribution is -0.138. The fourth-order valence-corrected chi connectivity index (χ4v) is 5.87. The third-order valence-electron chi connectivity index (χ3n) is 6.18. The first kappa shape index (κ1) is 18.7. The first-order valence-electron chi connectivity index (χ1n) is 9.87. The Hall–Kier alpha value is -1.66. The topological polar surface area (TPSA) is 66.5 Å². The molecule has 2 aliphatic heterocycles. The molecule has 4 aliphatic rings. The van der Waals surface area contributed by atoms with Crippen LogP contribution in [0.25, 0.3) is 0 Å². The predicted molar refractivity (Wildman–Crippen MR) is 106 cm³/mol. The molecule has 0 aromatic rings. The molecular weight excluding hydrogens is 360 g/mol. The second-order valence-corrected chi connectivity index (χ2v) is 8.88. The second-order valence-electron chi connectivity index (χ2n) is 7.75. The molecule has 2 heterocycles. The van der Waals surface area contributed by atoms with Crippen LogP contribution in [-0.2, 0) is 14.4 Å². The van der Waals surface area contributed by atoms with Gasteiger partial charge in [-0.05, 0) is 44.1 Å². The molecular formula is C21H26N2O3S. The van der Waals surface area contributed by atoms with Gasteiger partial charge in [0.15, 0.2) is 5.78 Å². The van der Waals surface area contributed by atoms with Crippen molar-refractivity contribution in [2.75, 3.05) is 12.4 Å². The number of allylic oxidation sites excluding steroid dienone is 6. The largest absolute Gasteiger partial charge is 0.332 e.